The van der Waals surface area contributed by atoms with E-state index >= 15 is 0 Å². The number of hydrogen-bond donors (Lipinski definition) is 1. The molecule has 0 atom stereocenters. The van der Waals surface area contributed by atoms with Gasteiger partial charge in [-0.15, -0.1) is 11.3 Å². The molecule has 1 aliphatic rings. The minimum atomic E-state index is 0.760. The Kier molecular flexibility index (Phi) is 6.08. The molecule has 134 valence electrons. The zero-order chi connectivity index (χ0) is 17.6. The molecular formula is C20H28N4S. The number of aromatic nitrogens is 1. The van der Waals surface area contributed by atoms with E-state index in [1.165, 1.54) is 29.7 Å². The molecular weight excluding hydrogens is 328 g/mol. The second-order valence-electron chi connectivity index (χ2n) is 6.77. The Morgan fingerprint density at radius 3 is 2.56 bits per heavy atom. The summed E-state index contributed by atoms with van der Waals surface area (Å²) < 4.78 is 0. The highest BCUT2D eigenvalue weighted by atomic mass is 32.1. The van der Waals surface area contributed by atoms with Gasteiger partial charge in [0.25, 0.3) is 0 Å². The van der Waals surface area contributed by atoms with Crippen LogP contribution >= 0.6 is 11.3 Å². The average molecular weight is 357 g/mol. The molecule has 2 aromatic rings. The smallest absolute Gasteiger partial charge is 0.193 e. The number of aliphatic imine (C=N–C) groups is 1. The van der Waals surface area contributed by atoms with E-state index in [1.54, 1.807) is 11.3 Å². The molecule has 0 spiro atoms. The first-order chi connectivity index (χ1) is 12.2. The zero-order valence-electron chi connectivity index (χ0n) is 15.5. The summed E-state index contributed by atoms with van der Waals surface area (Å²) in [6.07, 6.45) is 3.65. The van der Waals surface area contributed by atoms with E-state index in [-0.39, 0.29) is 0 Å². The van der Waals surface area contributed by atoms with E-state index in [2.05, 4.69) is 64.4 Å². The highest BCUT2D eigenvalue weighted by molar-refractivity contribution is 7.11. The third-order valence-corrected chi connectivity index (χ3v) is 6.04. The predicted molar refractivity (Wildman–Crippen MR) is 106 cm³/mol. The van der Waals surface area contributed by atoms with Gasteiger partial charge >= 0.3 is 0 Å². The lowest BCUT2D eigenvalue weighted by Gasteiger charge is -2.34. The van der Waals surface area contributed by atoms with Crippen molar-refractivity contribution in [1.29, 1.82) is 0 Å². The number of rotatable bonds is 4. The highest BCUT2D eigenvalue weighted by Crippen LogP contribution is 2.22. The predicted octanol–water partition coefficient (Wildman–Crippen LogP) is 3.79. The van der Waals surface area contributed by atoms with Gasteiger partial charge in [-0.05, 0) is 44.6 Å². The lowest BCUT2D eigenvalue weighted by Crippen LogP contribution is -2.45. The van der Waals surface area contributed by atoms with Crippen molar-refractivity contribution in [3.05, 3.63) is 51.5 Å². The van der Waals surface area contributed by atoms with Crippen molar-refractivity contribution in [2.24, 2.45) is 10.9 Å². The Morgan fingerprint density at radius 2 is 1.96 bits per heavy atom. The minimum absolute atomic E-state index is 0.760. The van der Waals surface area contributed by atoms with Crippen molar-refractivity contribution in [3.63, 3.8) is 0 Å². The number of benzene rings is 1. The molecule has 0 bridgehead atoms. The van der Waals surface area contributed by atoms with Gasteiger partial charge in [0.15, 0.2) is 5.96 Å². The first-order valence-corrected chi connectivity index (χ1v) is 9.89. The molecule has 3 rings (SSSR count). The number of nitrogens with one attached hydrogen (secondary N) is 1. The van der Waals surface area contributed by atoms with Gasteiger partial charge in [-0.3, -0.25) is 4.99 Å². The molecule has 1 aromatic carbocycles. The fraction of sp³-hybridized carbons (Fsp3) is 0.500. The number of hydrogen-bond acceptors (Lipinski definition) is 3. The molecule has 1 aliphatic heterocycles. The van der Waals surface area contributed by atoms with Crippen LogP contribution < -0.4 is 5.32 Å². The normalized spacial score (nSPS) is 16.3. The topological polar surface area (TPSA) is 40.5 Å². The number of likely N-dealkylation sites (tertiary alicyclic amines) is 1. The van der Waals surface area contributed by atoms with Crippen LogP contribution in [0.5, 0.6) is 0 Å². The number of piperidine rings is 1. The van der Waals surface area contributed by atoms with E-state index in [0.29, 0.717) is 0 Å². The van der Waals surface area contributed by atoms with Crippen molar-refractivity contribution in [2.45, 2.75) is 39.7 Å². The summed E-state index contributed by atoms with van der Waals surface area (Å²) in [6, 6.07) is 10.8. The first kappa shape index (κ1) is 17.9. The third-order valence-electron chi connectivity index (χ3n) is 4.96. The minimum Gasteiger partial charge on any atom is -0.350 e. The maximum absolute atomic E-state index is 4.60. The van der Waals surface area contributed by atoms with Crippen LogP contribution in [0.15, 0.2) is 35.3 Å². The summed E-state index contributed by atoms with van der Waals surface area (Å²) in [4.78, 5) is 12.8. The van der Waals surface area contributed by atoms with E-state index in [0.717, 1.165) is 42.2 Å². The summed E-state index contributed by atoms with van der Waals surface area (Å²) in [5.74, 6) is 1.78. The number of thiazole rings is 1. The maximum Gasteiger partial charge on any atom is 0.193 e. The van der Waals surface area contributed by atoms with Gasteiger partial charge in [-0.25, -0.2) is 4.98 Å². The fourth-order valence-electron chi connectivity index (χ4n) is 3.40. The Morgan fingerprint density at radius 1 is 1.24 bits per heavy atom. The van der Waals surface area contributed by atoms with Crippen LogP contribution in [0.2, 0.25) is 0 Å². The molecule has 1 aromatic heterocycles. The molecule has 2 heterocycles. The molecule has 5 heteroatoms. The summed E-state index contributed by atoms with van der Waals surface area (Å²) in [5.41, 5.74) is 2.59. The molecule has 1 N–H and O–H groups in total. The summed E-state index contributed by atoms with van der Waals surface area (Å²) in [6.45, 7) is 7.11. The monoisotopic (exact) mass is 356 g/mol. The molecule has 0 saturated carbocycles. The standard InChI is InChI=1S/C20H28N4S/c1-15-16(2)25-19(23-15)14-22-20(21-3)24-11-9-18(10-12-24)13-17-7-5-4-6-8-17/h4-8,18H,9-14H2,1-3H3,(H,21,22). The Bertz CT molecular complexity index is 680. The largest absolute Gasteiger partial charge is 0.350 e. The van der Waals surface area contributed by atoms with Crippen LogP contribution in [0.4, 0.5) is 0 Å². The van der Waals surface area contributed by atoms with Crippen LogP contribution in [0.1, 0.15) is 34.0 Å². The first-order valence-electron chi connectivity index (χ1n) is 9.08. The molecule has 0 aliphatic carbocycles. The lowest BCUT2D eigenvalue weighted by atomic mass is 9.90. The number of aryl methyl sites for hydroxylation is 2. The quantitative estimate of drug-likeness (QED) is 0.669. The van der Waals surface area contributed by atoms with Gasteiger partial charge in [0.1, 0.15) is 5.01 Å². The maximum atomic E-state index is 4.60. The SMILES string of the molecule is CN=C(NCc1nc(C)c(C)s1)N1CCC(Cc2ccccc2)CC1. The Balaban J connectivity index is 1.48. The molecule has 1 fully saturated rings. The van der Waals surface area contributed by atoms with Gasteiger partial charge in [-0.1, -0.05) is 30.3 Å². The van der Waals surface area contributed by atoms with Crippen LogP contribution in [0.3, 0.4) is 0 Å². The van der Waals surface area contributed by atoms with E-state index in [1.807, 2.05) is 7.05 Å². The van der Waals surface area contributed by atoms with Crippen molar-refractivity contribution in [3.8, 4) is 0 Å². The highest BCUT2D eigenvalue weighted by Gasteiger charge is 2.21. The Hall–Kier alpha value is -1.88. The van der Waals surface area contributed by atoms with Gasteiger partial charge in [0.05, 0.1) is 12.2 Å². The molecule has 0 radical (unpaired) electrons. The summed E-state index contributed by atoms with van der Waals surface area (Å²) >= 11 is 1.77. The van der Waals surface area contributed by atoms with Gasteiger partial charge in [0, 0.05) is 25.0 Å². The van der Waals surface area contributed by atoms with Gasteiger partial charge in [-0.2, -0.15) is 0 Å². The zero-order valence-corrected chi connectivity index (χ0v) is 16.3. The molecule has 0 unspecified atom stereocenters. The molecule has 4 nitrogen and oxygen atoms in total. The van der Waals surface area contributed by atoms with Crippen molar-refractivity contribution >= 4 is 17.3 Å². The number of nitrogens with zero attached hydrogens (tertiary/aromatic N) is 3. The number of guanidine groups is 1. The van der Waals surface area contributed by atoms with Crippen molar-refractivity contribution in [2.75, 3.05) is 20.1 Å². The molecule has 25 heavy (non-hydrogen) atoms. The summed E-state index contributed by atoms with van der Waals surface area (Å²) in [7, 11) is 1.87. The Labute approximate surface area is 155 Å². The van der Waals surface area contributed by atoms with Crippen LogP contribution in [-0.2, 0) is 13.0 Å². The average Bonchev–Trinajstić information content (AvgIpc) is 2.95. The second kappa shape index (κ2) is 8.48. The van der Waals surface area contributed by atoms with Crippen molar-refractivity contribution in [1.82, 2.24) is 15.2 Å². The molecule has 0 amide bonds. The van der Waals surface area contributed by atoms with Gasteiger partial charge in [0.2, 0.25) is 0 Å². The van der Waals surface area contributed by atoms with E-state index in [4.69, 9.17) is 0 Å². The lowest BCUT2D eigenvalue weighted by molar-refractivity contribution is 0.259. The van der Waals surface area contributed by atoms with E-state index < -0.39 is 0 Å². The van der Waals surface area contributed by atoms with E-state index in [9.17, 15) is 0 Å². The third kappa shape index (κ3) is 4.82. The second-order valence-corrected chi connectivity index (χ2v) is 8.06. The molecule has 1 saturated heterocycles. The fourth-order valence-corrected chi connectivity index (χ4v) is 4.27. The van der Waals surface area contributed by atoms with Crippen LogP contribution in [0, 0.1) is 19.8 Å². The van der Waals surface area contributed by atoms with Crippen molar-refractivity contribution < 1.29 is 0 Å². The van der Waals surface area contributed by atoms with Crippen LogP contribution in [-0.4, -0.2) is 36.0 Å². The summed E-state index contributed by atoms with van der Waals surface area (Å²) in [5, 5.41) is 4.62. The van der Waals surface area contributed by atoms with Crippen LogP contribution in [0.25, 0.3) is 0 Å². The van der Waals surface area contributed by atoms with Gasteiger partial charge < -0.3 is 10.2 Å².